The van der Waals surface area contributed by atoms with E-state index in [4.69, 9.17) is 197 Å². The highest BCUT2D eigenvalue weighted by atomic mass is 32.7. The van der Waals surface area contributed by atoms with E-state index in [9.17, 15) is 77.0 Å². The number of nitrogens with zero attached hydrogens (tertiary/aromatic N) is 13. The zero-order chi connectivity index (χ0) is 105. The number of aryl methyl sites for hydroxylation is 5. The van der Waals surface area contributed by atoms with E-state index in [2.05, 4.69) is 54.8 Å². The summed E-state index contributed by atoms with van der Waals surface area (Å²) in [4.78, 5) is 252. The van der Waals surface area contributed by atoms with Crippen LogP contribution in [0.1, 0.15) is 130 Å². The Balaban J connectivity index is 0.611. The van der Waals surface area contributed by atoms with Crippen molar-refractivity contribution in [3.63, 3.8) is 0 Å². The number of aromatic amines is 5. The first-order valence-corrected chi connectivity index (χ1v) is 61.3. The number of fused-ring (bicyclic) bond motifs is 2. The molecule has 28 atom stereocenters. The average molecular weight is 2300 g/mol. The van der Waals surface area contributed by atoms with Gasteiger partial charge in [0.2, 0.25) is 5.95 Å². The second-order valence-electron chi connectivity index (χ2n) is 33.8. The van der Waals surface area contributed by atoms with Crippen LogP contribution in [-0.2, 0) is 184 Å². The van der Waals surface area contributed by atoms with Gasteiger partial charge in [-0.15, -0.1) is 0 Å². The monoisotopic (exact) mass is 2300 g/mol. The Morgan fingerprint density at radius 3 is 1.00 bits per heavy atom. The predicted molar refractivity (Wildman–Crippen MR) is 512 cm³/mol. The zero-order valence-corrected chi connectivity index (χ0v) is 88.2. The zero-order valence-electron chi connectivity index (χ0n) is 76.2. The number of hydrogen-bond donors (Lipinski definition) is 8. The van der Waals surface area contributed by atoms with Crippen LogP contribution in [0, 0.1) is 34.6 Å². The minimum Gasteiger partial charge on any atom is -0.780 e. The maximum atomic E-state index is 15.0. The summed E-state index contributed by atoms with van der Waals surface area (Å²) in [6, 6.07) is 0. The Hall–Kier alpha value is -6.70. The van der Waals surface area contributed by atoms with Gasteiger partial charge >= 0.3 is 28.4 Å². The smallest absolute Gasteiger partial charge is 0.351 e. The number of aromatic nitrogens is 18. The fraction of sp³-hybridized carbons (Fsp3) is 0.583. The summed E-state index contributed by atoms with van der Waals surface area (Å²) in [5, 5.41) is 0. The lowest BCUT2D eigenvalue weighted by molar-refractivity contribution is -0.221. The molecule has 7 saturated heterocycles. The summed E-state index contributed by atoms with van der Waals surface area (Å²) >= 11 is 37.9. The van der Waals surface area contributed by atoms with Crippen molar-refractivity contribution in [2.75, 3.05) is 64.0 Å². The van der Waals surface area contributed by atoms with Crippen LogP contribution in [0.15, 0.2) is 97.9 Å². The maximum absolute atomic E-state index is 15.0. The summed E-state index contributed by atoms with van der Waals surface area (Å²) < 4.78 is 147. The lowest BCUT2D eigenvalue weighted by Crippen LogP contribution is -2.34. The van der Waals surface area contributed by atoms with E-state index in [0.29, 0.717) is 5.56 Å². The summed E-state index contributed by atoms with van der Waals surface area (Å²) in [6.07, 6.45) is -21.9. The number of nitrogens with two attached hydrogens (primary N) is 3. The van der Waals surface area contributed by atoms with Gasteiger partial charge < -0.3 is 155 Å². The molecule has 0 radical (unpaired) electrons. The molecular weight excluding hydrogens is 2210 g/mol. The quantitative estimate of drug-likeness (QED) is 0.0138. The van der Waals surface area contributed by atoms with Crippen LogP contribution < -0.4 is 103 Å². The third-order valence-corrected chi connectivity index (χ3v) is 35.0. The van der Waals surface area contributed by atoms with Crippen LogP contribution in [0.25, 0.3) is 22.3 Å². The van der Waals surface area contributed by atoms with Crippen LogP contribution in [0.4, 0.5) is 17.6 Å². The van der Waals surface area contributed by atoms with E-state index >= 15 is 4.89 Å². The lowest BCUT2D eigenvalue weighted by Gasteiger charge is -2.36. The molecule has 59 nitrogen and oxygen atoms in total. The third-order valence-electron chi connectivity index (χ3n) is 23.9. The summed E-state index contributed by atoms with van der Waals surface area (Å²) in [5.41, 5.74) is 10.1. The molecule has 0 amide bonds. The molecule has 7 fully saturated rings. The van der Waals surface area contributed by atoms with Gasteiger partial charge in [-0.05, 0) is 41.0 Å². The predicted octanol–water partition coefficient (Wildman–Crippen LogP) is -3.27. The fourth-order valence-corrected chi connectivity index (χ4v) is 26.5. The first-order valence-electron chi connectivity index (χ1n) is 43.4. The van der Waals surface area contributed by atoms with Crippen molar-refractivity contribution < 1.29 is 130 Å². The van der Waals surface area contributed by atoms with Crippen molar-refractivity contribution >= 4 is 170 Å². The van der Waals surface area contributed by atoms with E-state index in [1.54, 1.807) is 13.8 Å². The van der Waals surface area contributed by atoms with Crippen molar-refractivity contribution in [3.8, 4) is 0 Å². The van der Waals surface area contributed by atoms with Gasteiger partial charge in [-0.2, -0.15) is 9.97 Å². The van der Waals surface area contributed by atoms with Gasteiger partial charge in [0.25, 0.3) is 27.8 Å². The molecule has 7 aliphatic rings. The molecule has 16 rings (SSSR count). The molecule has 16 heterocycles. The van der Waals surface area contributed by atoms with E-state index in [-0.39, 0.29) is 87.8 Å². The standard InChI is InChI=1S/C72H96N21O38P7S7/c1-8-35-36(9-49(118-35)88-17-31(3)62(94)83-69(88)100)126-133(105,140)112-22-44-38(11-51(120-44)89-18-32(4)63(95)84-70(89)101)127-134(106,141)114-23-45-39(12-52(121-45)90-19-33(5)64(96)85-71(90)102)128-135(107,142)115-24-46-40(13-53(122-46)91-20-34(6)65(97)86-72(91)103)129-136(108,143)117-26-48-42(15-55(124-48)93-29-79-57-61(93)81-67(75)82-66(57)98)131-138(110,145)116-25-47-41(14-54(123-47)92-28-78-56-59(74)76-27-77-60(56)92)130-137(109,144)113-21-43-37(125-132(104,139)111-7)10-50(119-43)87-16-30(2)58(73)80-68(87)99/h16-20,27-29,35-55H,8-15,21-26H2,1-7H3,(H,104,139)(H,105,140)(H,106,141)(H,107,142)(H,108,143)(H,109,144)(H,110,145)(H2,73,80,99)(H2,74,76,77)(H,83,94,100)(H,84,95,101)(H,85,96,102)(H,86,97,103)(H3,75,81,82,98)/p-7/t35-,36?,37?,38?,39?,40?,41?,42?,43-,44-,45-,46-,47-,48-,49-,50-,51-,52-,53-,54-,55-,132?,133?,134?,135?,136?,137?,138?/m1/s1. The highest BCUT2D eigenvalue weighted by Crippen LogP contribution is 2.57. The Kier molecular flexibility index (Phi) is 34.1. The van der Waals surface area contributed by atoms with Crippen molar-refractivity contribution in [2.24, 2.45) is 0 Å². The molecule has 794 valence electrons. The van der Waals surface area contributed by atoms with E-state index in [1.807, 2.05) is 0 Å². The Bertz CT molecular complexity index is 7460. The molecule has 9 aromatic rings. The molecular formula is C72H89N21O38P7S7-7. The normalized spacial score (nSPS) is 29.5. The number of anilines is 3. The molecule has 0 bridgehead atoms. The first-order chi connectivity index (χ1) is 68.2. The van der Waals surface area contributed by atoms with Gasteiger partial charge in [-0.1, -0.05) is 77.8 Å². The number of nitrogen functional groups attached to an aromatic ring is 3. The van der Waals surface area contributed by atoms with Crippen molar-refractivity contribution in [2.45, 2.75) is 222 Å². The second-order valence-corrected chi connectivity index (χ2v) is 52.9. The van der Waals surface area contributed by atoms with Crippen LogP contribution in [0.2, 0.25) is 0 Å². The average Bonchev–Trinajstić information content (AvgIpc) is 1.62. The minimum atomic E-state index is -5.09. The molecule has 7 aliphatic heterocycles. The van der Waals surface area contributed by atoms with E-state index in [1.165, 1.54) is 55.6 Å². The van der Waals surface area contributed by atoms with Crippen LogP contribution in [0.3, 0.4) is 0 Å². The topological polar surface area (TPSA) is 789 Å². The molecule has 0 spiro atoms. The van der Waals surface area contributed by atoms with Crippen LogP contribution in [0.5, 0.6) is 0 Å². The molecule has 14 unspecified atom stereocenters. The summed E-state index contributed by atoms with van der Waals surface area (Å²) in [7, 11) is 1.04. The van der Waals surface area contributed by atoms with Crippen LogP contribution in [-0.4, -0.2) is 219 Å². The second kappa shape index (κ2) is 44.5. The van der Waals surface area contributed by atoms with Crippen molar-refractivity contribution in [1.82, 2.24) is 86.8 Å². The molecule has 9 aromatic heterocycles. The van der Waals surface area contributed by atoms with Gasteiger partial charge in [0, 0.05) is 111 Å². The van der Waals surface area contributed by atoms with E-state index in [0.717, 1.165) is 61.2 Å². The molecule has 145 heavy (non-hydrogen) atoms. The molecule has 73 heteroatoms. The highest BCUT2D eigenvalue weighted by Gasteiger charge is 2.49. The number of hydrogen-bond acceptors (Lipinski definition) is 54. The number of nitrogens with one attached hydrogen (secondary N) is 5. The molecule has 0 saturated carbocycles. The van der Waals surface area contributed by atoms with Gasteiger partial charge in [0.05, 0.1) is 101 Å². The van der Waals surface area contributed by atoms with Gasteiger partial charge in [0.1, 0.15) is 138 Å². The Labute approximate surface area is 849 Å². The lowest BCUT2D eigenvalue weighted by atomic mass is 10.1. The SMILES string of the molecule is CC[C@H]1O[C@@H](n2cc(C)c(=O)[nH]c2=O)CC1OP([O-])(=S)OC[C@H]1O[C@@H](n2cc(C)c(=O)[nH]c2=O)CC1OP(=O)([S-])OC[C@H]1O[C@@H](n2cc(C)c(=O)[nH]c2=O)CC1OP([O-])(=S)OC[C@H]1O[C@@H](n2cc(C)c(=O)[nH]c2=O)CC1OP([O-])(=S)OC[C@H]1O[C@@H](n2cnc3c(=O)[nH]c(N)nc32)CC1OP([O-])(=S)OC[C@H]1O[C@@H](n2cnc3c(N)ncnc32)CC1OP([O-])(=S)OC[C@H]1O[C@@H](n2cc(C)c(N)nc2=O)CC1OP([O-])(=S)OC. The van der Waals surface area contributed by atoms with Crippen molar-refractivity contribution in [3.05, 3.63) is 182 Å². The number of imidazole rings is 2. The first kappa shape index (κ1) is 111. The summed E-state index contributed by atoms with van der Waals surface area (Å²) in [6.45, 7) is -30.2. The third kappa shape index (κ3) is 26.3. The highest BCUT2D eigenvalue weighted by molar-refractivity contribution is 8.32. The molecule has 0 aliphatic carbocycles. The van der Waals surface area contributed by atoms with Crippen LogP contribution >= 0.6 is 47.1 Å². The Morgan fingerprint density at radius 1 is 0.366 bits per heavy atom. The molecule has 11 N–H and O–H groups in total. The number of ether oxygens (including phenoxy) is 7. The van der Waals surface area contributed by atoms with Crippen molar-refractivity contribution in [1.29, 1.82) is 0 Å². The van der Waals surface area contributed by atoms with Gasteiger partial charge in [-0.3, -0.25) is 85.4 Å². The Morgan fingerprint density at radius 2 is 0.655 bits per heavy atom. The van der Waals surface area contributed by atoms with Gasteiger partial charge in [0.15, 0.2) is 29.4 Å². The van der Waals surface area contributed by atoms with Gasteiger partial charge in [-0.25, -0.2) is 43.9 Å². The number of rotatable bonds is 41. The largest absolute Gasteiger partial charge is 0.780 e. The van der Waals surface area contributed by atoms with E-state index < -0.39 is 298 Å². The summed E-state index contributed by atoms with van der Waals surface area (Å²) in [5.74, 6) is -0.452. The number of H-pyrrole nitrogens is 5. The minimum absolute atomic E-state index is 0.00500. The molecule has 0 aromatic carbocycles. The fourth-order valence-electron chi connectivity index (χ4n) is 16.7. The maximum Gasteiger partial charge on any atom is 0.351 e.